The molecular formula is C14H17NO4. The van der Waals surface area contributed by atoms with Crippen molar-refractivity contribution >= 4 is 5.97 Å². The number of carbonyl (C=O) groups is 1. The van der Waals surface area contributed by atoms with E-state index < -0.39 is 5.97 Å². The highest BCUT2D eigenvalue weighted by atomic mass is 16.7. The molecule has 1 N–H and O–H groups in total. The molecule has 5 nitrogen and oxygen atoms in total. The molecule has 1 heterocycles. The zero-order valence-electron chi connectivity index (χ0n) is 10.8. The van der Waals surface area contributed by atoms with Crippen molar-refractivity contribution in [2.75, 3.05) is 20.4 Å². The lowest BCUT2D eigenvalue weighted by molar-refractivity contribution is -0.138. The lowest BCUT2D eigenvalue weighted by atomic mass is 10.2. The van der Waals surface area contributed by atoms with Gasteiger partial charge in [-0.25, -0.2) is 0 Å². The van der Waals surface area contributed by atoms with Crippen LogP contribution in [0.2, 0.25) is 0 Å². The summed E-state index contributed by atoms with van der Waals surface area (Å²) in [5.74, 6) is 1.08. The van der Waals surface area contributed by atoms with Crippen molar-refractivity contribution in [2.45, 2.75) is 13.0 Å². The molecule has 0 saturated heterocycles. The SMILES string of the molecule is CN(Cc1ccc2c(c1)OCO2)CC1CC1C(=O)O. The fourth-order valence-electron chi connectivity index (χ4n) is 2.57. The Kier molecular flexibility index (Phi) is 3.06. The van der Waals surface area contributed by atoms with Gasteiger partial charge in [-0.1, -0.05) is 6.07 Å². The van der Waals surface area contributed by atoms with Gasteiger partial charge in [0.15, 0.2) is 11.5 Å². The molecule has 2 atom stereocenters. The molecule has 0 radical (unpaired) electrons. The summed E-state index contributed by atoms with van der Waals surface area (Å²) in [6.45, 7) is 1.90. The number of carboxylic acids is 1. The Morgan fingerprint density at radius 3 is 2.95 bits per heavy atom. The number of hydrogen-bond acceptors (Lipinski definition) is 4. The molecule has 102 valence electrons. The average molecular weight is 263 g/mol. The summed E-state index contributed by atoms with van der Waals surface area (Å²) >= 11 is 0. The van der Waals surface area contributed by atoms with Gasteiger partial charge in [0.25, 0.3) is 0 Å². The summed E-state index contributed by atoms with van der Waals surface area (Å²) in [5, 5.41) is 8.88. The molecule has 0 bridgehead atoms. The van der Waals surface area contributed by atoms with Crippen molar-refractivity contribution in [3.8, 4) is 11.5 Å². The first kappa shape index (κ1) is 12.3. The average Bonchev–Trinajstić information content (AvgIpc) is 2.97. The first-order valence-electron chi connectivity index (χ1n) is 6.43. The molecule has 0 spiro atoms. The minimum atomic E-state index is -0.665. The Bertz CT molecular complexity index is 502. The van der Waals surface area contributed by atoms with Crippen molar-refractivity contribution in [3.05, 3.63) is 23.8 Å². The number of nitrogens with zero attached hydrogens (tertiary/aromatic N) is 1. The predicted octanol–water partition coefficient (Wildman–Crippen LogP) is 1.57. The third-order valence-corrected chi connectivity index (χ3v) is 3.68. The predicted molar refractivity (Wildman–Crippen MR) is 68.1 cm³/mol. The molecule has 1 saturated carbocycles. The fourth-order valence-corrected chi connectivity index (χ4v) is 2.57. The molecule has 2 aliphatic rings. The third kappa shape index (κ3) is 2.66. The van der Waals surface area contributed by atoms with Gasteiger partial charge in [0, 0.05) is 13.1 Å². The van der Waals surface area contributed by atoms with Crippen LogP contribution in [0.25, 0.3) is 0 Å². The summed E-state index contributed by atoms with van der Waals surface area (Å²) in [6.07, 6.45) is 0.806. The molecular weight excluding hydrogens is 246 g/mol. The molecule has 1 aliphatic heterocycles. The lowest BCUT2D eigenvalue weighted by Gasteiger charge is -2.16. The van der Waals surface area contributed by atoms with Gasteiger partial charge in [-0.3, -0.25) is 4.79 Å². The number of aliphatic carboxylic acids is 1. The van der Waals surface area contributed by atoms with Crippen LogP contribution in [-0.4, -0.2) is 36.4 Å². The number of fused-ring (bicyclic) bond motifs is 1. The summed E-state index contributed by atoms with van der Waals surface area (Å²) in [6, 6.07) is 5.93. The lowest BCUT2D eigenvalue weighted by Crippen LogP contribution is -2.21. The molecule has 1 aliphatic carbocycles. The quantitative estimate of drug-likeness (QED) is 0.873. The summed E-state index contributed by atoms with van der Waals surface area (Å²) in [7, 11) is 2.02. The number of benzene rings is 1. The van der Waals surface area contributed by atoms with Gasteiger partial charge in [-0.2, -0.15) is 0 Å². The normalized spacial score (nSPS) is 23.7. The van der Waals surface area contributed by atoms with E-state index in [9.17, 15) is 4.79 Å². The van der Waals surface area contributed by atoms with E-state index in [2.05, 4.69) is 4.90 Å². The van der Waals surface area contributed by atoms with Crippen LogP contribution in [0.1, 0.15) is 12.0 Å². The number of ether oxygens (including phenoxy) is 2. The van der Waals surface area contributed by atoms with Gasteiger partial charge in [0.1, 0.15) is 0 Å². The molecule has 5 heteroatoms. The van der Waals surface area contributed by atoms with Gasteiger partial charge in [0.2, 0.25) is 6.79 Å². The minimum Gasteiger partial charge on any atom is -0.481 e. The van der Waals surface area contributed by atoms with E-state index in [1.54, 1.807) is 0 Å². The minimum absolute atomic E-state index is 0.140. The zero-order valence-corrected chi connectivity index (χ0v) is 10.8. The van der Waals surface area contributed by atoms with Crippen LogP contribution in [0.3, 0.4) is 0 Å². The second-order valence-electron chi connectivity index (χ2n) is 5.32. The molecule has 2 unspecified atom stereocenters. The van der Waals surface area contributed by atoms with Crippen LogP contribution >= 0.6 is 0 Å². The Labute approximate surface area is 111 Å². The molecule has 1 fully saturated rings. The first-order valence-corrected chi connectivity index (χ1v) is 6.43. The van der Waals surface area contributed by atoms with Crippen LogP contribution in [0.4, 0.5) is 0 Å². The highest BCUT2D eigenvalue weighted by Crippen LogP contribution is 2.39. The van der Waals surface area contributed by atoms with Crippen LogP contribution in [-0.2, 0) is 11.3 Å². The first-order chi connectivity index (χ1) is 9.13. The van der Waals surface area contributed by atoms with Crippen LogP contribution in [0.15, 0.2) is 18.2 Å². The maximum atomic E-state index is 10.8. The van der Waals surface area contributed by atoms with Gasteiger partial charge in [-0.15, -0.1) is 0 Å². The van der Waals surface area contributed by atoms with E-state index in [1.165, 1.54) is 0 Å². The van der Waals surface area contributed by atoms with Crippen molar-refractivity contribution in [2.24, 2.45) is 11.8 Å². The largest absolute Gasteiger partial charge is 0.481 e. The van der Waals surface area contributed by atoms with Crippen LogP contribution < -0.4 is 9.47 Å². The van der Waals surface area contributed by atoms with Crippen molar-refractivity contribution in [1.29, 1.82) is 0 Å². The number of rotatable bonds is 5. The Hall–Kier alpha value is -1.75. The van der Waals surface area contributed by atoms with E-state index >= 15 is 0 Å². The second kappa shape index (κ2) is 4.74. The molecule has 0 amide bonds. The maximum absolute atomic E-state index is 10.8. The smallest absolute Gasteiger partial charge is 0.306 e. The van der Waals surface area contributed by atoms with Gasteiger partial charge in [-0.05, 0) is 37.1 Å². The van der Waals surface area contributed by atoms with Crippen molar-refractivity contribution < 1.29 is 19.4 Å². The van der Waals surface area contributed by atoms with Crippen LogP contribution in [0.5, 0.6) is 11.5 Å². The van der Waals surface area contributed by atoms with Gasteiger partial charge < -0.3 is 19.5 Å². The standard InChI is InChI=1S/C14H17NO4/c1-15(7-10-5-11(10)14(16)17)6-9-2-3-12-13(4-9)19-8-18-12/h2-4,10-11H,5-8H2,1H3,(H,16,17). The van der Waals surface area contributed by atoms with Crippen LogP contribution in [0, 0.1) is 11.8 Å². The van der Waals surface area contributed by atoms with Crippen molar-refractivity contribution in [3.63, 3.8) is 0 Å². The Balaban J connectivity index is 1.55. The van der Waals surface area contributed by atoms with Gasteiger partial charge in [0.05, 0.1) is 5.92 Å². The summed E-state index contributed by atoms with van der Waals surface area (Å²) in [5.41, 5.74) is 1.15. The van der Waals surface area contributed by atoms with E-state index in [0.29, 0.717) is 5.92 Å². The van der Waals surface area contributed by atoms with Crippen molar-refractivity contribution in [1.82, 2.24) is 4.90 Å². The fraction of sp³-hybridized carbons (Fsp3) is 0.500. The van der Waals surface area contributed by atoms with E-state index in [4.69, 9.17) is 14.6 Å². The molecule has 0 aromatic heterocycles. The molecule has 1 aromatic carbocycles. The van der Waals surface area contributed by atoms with E-state index in [1.807, 2.05) is 25.2 Å². The van der Waals surface area contributed by atoms with E-state index in [-0.39, 0.29) is 12.7 Å². The third-order valence-electron chi connectivity index (χ3n) is 3.68. The maximum Gasteiger partial charge on any atom is 0.306 e. The number of carboxylic acid groups (broad SMARTS) is 1. The Morgan fingerprint density at radius 2 is 2.21 bits per heavy atom. The summed E-state index contributed by atoms with van der Waals surface area (Å²) < 4.78 is 10.6. The molecule has 1 aromatic rings. The highest BCUT2D eigenvalue weighted by Gasteiger charge is 2.43. The molecule has 3 rings (SSSR count). The monoisotopic (exact) mass is 263 g/mol. The zero-order chi connectivity index (χ0) is 13.4. The second-order valence-corrected chi connectivity index (χ2v) is 5.32. The number of hydrogen-bond donors (Lipinski definition) is 1. The summed E-state index contributed by atoms with van der Waals surface area (Å²) in [4.78, 5) is 12.9. The van der Waals surface area contributed by atoms with Gasteiger partial charge >= 0.3 is 5.97 Å². The van der Waals surface area contributed by atoms with E-state index in [0.717, 1.165) is 36.6 Å². The molecule has 19 heavy (non-hydrogen) atoms. The topological polar surface area (TPSA) is 59.0 Å². The Morgan fingerprint density at radius 1 is 1.42 bits per heavy atom. The highest BCUT2D eigenvalue weighted by molar-refractivity contribution is 5.73.